The molecule has 9 nitrogen and oxygen atoms in total. The Bertz CT molecular complexity index is 1030. The molecule has 0 atom stereocenters. The summed E-state index contributed by atoms with van der Waals surface area (Å²) in [5.74, 6) is 0.255. The molecule has 1 aliphatic heterocycles. The van der Waals surface area contributed by atoms with Crippen LogP contribution in [0.5, 0.6) is 5.88 Å². The first-order valence-corrected chi connectivity index (χ1v) is 10.9. The summed E-state index contributed by atoms with van der Waals surface area (Å²) in [6.45, 7) is 4.97. The number of nitrogens with one attached hydrogen (secondary N) is 2. The molecule has 2 aromatic rings. The zero-order valence-corrected chi connectivity index (χ0v) is 16.7. The minimum Gasteiger partial charge on any atom is -0.477 e. The molecule has 0 bridgehead atoms. The number of aryl methyl sites for hydroxylation is 2. The number of pyridine rings is 1. The van der Waals surface area contributed by atoms with Crippen molar-refractivity contribution in [2.45, 2.75) is 56.9 Å². The number of hydrogen-bond donors (Lipinski definition) is 2. The lowest BCUT2D eigenvalue weighted by Crippen LogP contribution is -2.35. The predicted molar refractivity (Wildman–Crippen MR) is 102 cm³/mol. The third-order valence-corrected chi connectivity index (χ3v) is 6.31. The fraction of sp³-hybridized carbons (Fsp3) is 0.500. The third kappa shape index (κ3) is 3.32. The highest BCUT2D eigenvalue weighted by atomic mass is 32.2. The lowest BCUT2D eigenvalue weighted by atomic mass is 10.0. The third-order valence-electron chi connectivity index (χ3n) is 4.99. The van der Waals surface area contributed by atoms with Gasteiger partial charge < -0.3 is 10.1 Å². The van der Waals surface area contributed by atoms with E-state index in [9.17, 15) is 13.2 Å². The fourth-order valence-corrected chi connectivity index (χ4v) is 4.67. The van der Waals surface area contributed by atoms with Crippen LogP contribution in [0.25, 0.3) is 0 Å². The highest BCUT2D eigenvalue weighted by Crippen LogP contribution is 2.34. The molecule has 0 aromatic carbocycles. The van der Waals surface area contributed by atoms with Crippen LogP contribution in [0, 0.1) is 0 Å². The second kappa shape index (κ2) is 7.08. The number of carbonyl (C=O) groups excluding carboxylic acids is 1. The molecular weight excluding hydrogens is 382 g/mol. The van der Waals surface area contributed by atoms with Crippen LogP contribution in [0.15, 0.2) is 17.3 Å². The first-order valence-electron chi connectivity index (χ1n) is 9.40. The van der Waals surface area contributed by atoms with Crippen molar-refractivity contribution in [1.82, 2.24) is 19.5 Å². The summed E-state index contributed by atoms with van der Waals surface area (Å²) >= 11 is 0. The Morgan fingerprint density at radius 1 is 1.25 bits per heavy atom. The molecule has 2 aliphatic rings. The second-order valence-electron chi connectivity index (χ2n) is 7.33. The number of hydrogen-bond acceptors (Lipinski definition) is 6. The molecule has 2 N–H and O–H groups in total. The minimum atomic E-state index is -4.12. The molecule has 2 amide bonds. The van der Waals surface area contributed by atoms with Crippen molar-refractivity contribution < 1.29 is 17.9 Å². The first-order chi connectivity index (χ1) is 13.4. The highest BCUT2D eigenvalue weighted by Gasteiger charge is 2.29. The van der Waals surface area contributed by atoms with Gasteiger partial charge in [0.15, 0.2) is 4.90 Å². The standard InChI is InChI=1S/C18H23N5O4S/c1-11(2)15-16(13-6-3-5-12(13)9-19-15)21-18(24)22-28(25,26)14-10-20-23-7-4-8-27-17(14)23/h9-11H,3-8H2,1-2H3,(H2,21,22,24). The summed E-state index contributed by atoms with van der Waals surface area (Å²) in [6, 6.07) is -0.820. The predicted octanol–water partition coefficient (Wildman–Crippen LogP) is 2.18. The molecule has 0 unspecified atom stereocenters. The monoisotopic (exact) mass is 405 g/mol. The fourth-order valence-electron chi connectivity index (χ4n) is 3.68. The van der Waals surface area contributed by atoms with Gasteiger partial charge in [-0.15, -0.1) is 0 Å². The molecule has 0 fully saturated rings. The first kappa shape index (κ1) is 18.7. The Morgan fingerprint density at radius 3 is 2.86 bits per heavy atom. The minimum absolute atomic E-state index is 0.0916. The largest absolute Gasteiger partial charge is 0.477 e. The maximum atomic E-state index is 12.7. The number of amides is 2. The molecule has 4 rings (SSSR count). The molecule has 2 aromatic heterocycles. The Hall–Kier alpha value is -2.62. The number of aromatic nitrogens is 3. The van der Waals surface area contributed by atoms with Crippen LogP contribution in [-0.4, -0.2) is 35.8 Å². The Balaban J connectivity index is 1.59. The van der Waals surface area contributed by atoms with E-state index in [-0.39, 0.29) is 16.7 Å². The van der Waals surface area contributed by atoms with Crippen LogP contribution in [0.2, 0.25) is 0 Å². The lowest BCUT2D eigenvalue weighted by Gasteiger charge is -2.18. The normalized spacial score (nSPS) is 15.7. The zero-order chi connectivity index (χ0) is 19.9. The van der Waals surface area contributed by atoms with E-state index in [0.29, 0.717) is 18.8 Å². The molecule has 3 heterocycles. The summed E-state index contributed by atoms with van der Waals surface area (Å²) in [5, 5.41) is 6.76. The van der Waals surface area contributed by atoms with Crippen molar-refractivity contribution in [2.75, 3.05) is 11.9 Å². The van der Waals surface area contributed by atoms with Gasteiger partial charge in [0.05, 0.1) is 24.2 Å². The van der Waals surface area contributed by atoms with Crippen molar-refractivity contribution in [3.8, 4) is 5.88 Å². The molecule has 0 spiro atoms. The number of fused-ring (bicyclic) bond motifs is 2. The number of nitrogens with zero attached hydrogens (tertiary/aromatic N) is 3. The maximum Gasteiger partial charge on any atom is 0.333 e. The quantitative estimate of drug-likeness (QED) is 0.806. The van der Waals surface area contributed by atoms with Crippen LogP contribution in [0.3, 0.4) is 0 Å². The van der Waals surface area contributed by atoms with Crippen LogP contribution >= 0.6 is 0 Å². The van der Waals surface area contributed by atoms with Crippen LogP contribution in [-0.2, 0) is 29.4 Å². The molecule has 0 radical (unpaired) electrons. The summed E-state index contributed by atoms with van der Waals surface area (Å²) in [7, 11) is -4.12. The van der Waals surface area contributed by atoms with Crippen molar-refractivity contribution in [3.05, 3.63) is 29.2 Å². The van der Waals surface area contributed by atoms with Gasteiger partial charge in [-0.2, -0.15) is 5.10 Å². The second-order valence-corrected chi connectivity index (χ2v) is 8.98. The smallest absolute Gasteiger partial charge is 0.333 e. The summed E-state index contributed by atoms with van der Waals surface area (Å²) in [4.78, 5) is 16.9. The van der Waals surface area contributed by atoms with E-state index in [4.69, 9.17) is 4.74 Å². The van der Waals surface area contributed by atoms with Crippen LogP contribution in [0.4, 0.5) is 10.5 Å². The average molecular weight is 405 g/mol. The van der Waals surface area contributed by atoms with Gasteiger partial charge in [0.2, 0.25) is 5.88 Å². The number of anilines is 1. The van der Waals surface area contributed by atoms with Gasteiger partial charge in [0, 0.05) is 19.2 Å². The molecule has 0 saturated heterocycles. The van der Waals surface area contributed by atoms with Crippen molar-refractivity contribution in [1.29, 1.82) is 0 Å². The van der Waals surface area contributed by atoms with Crippen molar-refractivity contribution in [3.63, 3.8) is 0 Å². The van der Waals surface area contributed by atoms with E-state index in [1.165, 1.54) is 10.9 Å². The lowest BCUT2D eigenvalue weighted by molar-refractivity contribution is 0.224. The Kier molecular flexibility index (Phi) is 4.74. The van der Waals surface area contributed by atoms with Gasteiger partial charge >= 0.3 is 6.03 Å². The average Bonchev–Trinajstić information content (AvgIpc) is 3.28. The Morgan fingerprint density at radius 2 is 2.07 bits per heavy atom. The van der Waals surface area contributed by atoms with Gasteiger partial charge in [0.1, 0.15) is 0 Å². The zero-order valence-electron chi connectivity index (χ0n) is 15.9. The molecule has 0 saturated carbocycles. The number of sulfonamides is 1. The van der Waals surface area contributed by atoms with Gasteiger partial charge in [-0.1, -0.05) is 13.8 Å². The van der Waals surface area contributed by atoms with E-state index in [2.05, 4.69) is 20.1 Å². The number of ether oxygens (including phenoxy) is 1. The molecule has 28 heavy (non-hydrogen) atoms. The maximum absolute atomic E-state index is 12.7. The van der Waals surface area contributed by atoms with Gasteiger partial charge in [-0.05, 0) is 36.3 Å². The van der Waals surface area contributed by atoms with Crippen molar-refractivity contribution in [2.24, 2.45) is 0 Å². The summed E-state index contributed by atoms with van der Waals surface area (Å²) < 4.78 is 34.4. The Labute approximate surface area is 163 Å². The topological polar surface area (TPSA) is 115 Å². The van der Waals surface area contributed by atoms with Gasteiger partial charge in [-0.25, -0.2) is 22.6 Å². The number of rotatable bonds is 4. The van der Waals surface area contributed by atoms with E-state index in [1.54, 1.807) is 0 Å². The SMILES string of the molecule is CC(C)c1ncc2c(c1NC(=O)NS(=O)(=O)c1cnn3c1OCCC3)CCC2. The van der Waals surface area contributed by atoms with E-state index in [1.807, 2.05) is 20.0 Å². The number of carbonyl (C=O) groups is 1. The van der Waals surface area contributed by atoms with E-state index >= 15 is 0 Å². The molecule has 150 valence electrons. The summed E-state index contributed by atoms with van der Waals surface area (Å²) in [5.41, 5.74) is 3.50. The molecule has 1 aliphatic carbocycles. The van der Waals surface area contributed by atoms with Gasteiger partial charge in [-0.3, -0.25) is 4.98 Å². The van der Waals surface area contributed by atoms with Gasteiger partial charge in [0.25, 0.3) is 10.0 Å². The van der Waals surface area contributed by atoms with Crippen LogP contribution < -0.4 is 14.8 Å². The van der Waals surface area contributed by atoms with E-state index in [0.717, 1.165) is 42.5 Å². The number of urea groups is 1. The van der Waals surface area contributed by atoms with E-state index < -0.39 is 16.1 Å². The molecule has 10 heteroatoms. The van der Waals surface area contributed by atoms with Crippen LogP contribution in [0.1, 0.15) is 49.4 Å². The van der Waals surface area contributed by atoms with Crippen molar-refractivity contribution >= 4 is 21.7 Å². The molecular formula is C18H23N5O4S. The highest BCUT2D eigenvalue weighted by molar-refractivity contribution is 7.90. The summed E-state index contributed by atoms with van der Waals surface area (Å²) in [6.07, 6.45) is 6.56.